The second-order valence-corrected chi connectivity index (χ2v) is 11.3. The lowest BCUT2D eigenvalue weighted by molar-refractivity contribution is -0.923. The molecule has 7 nitrogen and oxygen atoms in total. The molecule has 0 aliphatic heterocycles. The standard InChI is InChI=1S/C30H44NO6/c1-19(2)23-13-11-14-24(20(3)4)27(23)36-29(32)34-17-31(9,10)18-35-30(33)37-28-25(21(5)6)15-12-16-26(28)22(7)8/h11-16,19-22H,17-18H2,1-10H3/q+1. The summed E-state index contributed by atoms with van der Waals surface area (Å²) in [6.45, 7) is 16.3. The summed E-state index contributed by atoms with van der Waals surface area (Å²) in [4.78, 5) is 25.2. The molecule has 0 atom stereocenters. The van der Waals surface area contributed by atoms with E-state index in [1.54, 1.807) is 14.1 Å². The van der Waals surface area contributed by atoms with Gasteiger partial charge in [0.05, 0.1) is 14.1 Å². The molecule has 2 aromatic carbocycles. The molecule has 0 saturated carbocycles. The second kappa shape index (κ2) is 13.0. The fourth-order valence-electron chi connectivity index (χ4n) is 3.92. The summed E-state index contributed by atoms with van der Waals surface area (Å²) < 4.78 is 22.2. The summed E-state index contributed by atoms with van der Waals surface area (Å²) in [5, 5.41) is 0. The summed E-state index contributed by atoms with van der Waals surface area (Å²) >= 11 is 0. The minimum absolute atomic E-state index is 0.0488. The molecule has 37 heavy (non-hydrogen) atoms. The van der Waals surface area contributed by atoms with Crippen molar-refractivity contribution in [3.63, 3.8) is 0 Å². The Hall–Kier alpha value is -3.06. The third-order valence-corrected chi connectivity index (χ3v) is 6.07. The molecule has 2 aromatic rings. The fourth-order valence-corrected chi connectivity index (χ4v) is 3.92. The van der Waals surface area contributed by atoms with Gasteiger partial charge in [0, 0.05) is 0 Å². The minimum Gasteiger partial charge on any atom is -0.394 e. The van der Waals surface area contributed by atoms with E-state index in [0.29, 0.717) is 11.5 Å². The molecule has 7 heteroatoms. The molecule has 0 bridgehead atoms. The third-order valence-electron chi connectivity index (χ3n) is 6.07. The predicted molar refractivity (Wildman–Crippen MR) is 145 cm³/mol. The van der Waals surface area contributed by atoms with E-state index in [-0.39, 0.29) is 41.6 Å². The molecule has 0 fully saturated rings. The average Bonchev–Trinajstić information content (AvgIpc) is 2.81. The van der Waals surface area contributed by atoms with Crippen molar-refractivity contribution in [2.75, 3.05) is 27.6 Å². The number of hydrogen-bond donors (Lipinski definition) is 0. The number of carbonyl (C=O) groups excluding carboxylic acids is 2. The topological polar surface area (TPSA) is 71.1 Å². The third kappa shape index (κ3) is 8.49. The van der Waals surface area contributed by atoms with Crippen molar-refractivity contribution in [1.29, 1.82) is 0 Å². The van der Waals surface area contributed by atoms with Gasteiger partial charge in [0.25, 0.3) is 0 Å². The molecule has 0 saturated heterocycles. The maximum atomic E-state index is 12.6. The van der Waals surface area contributed by atoms with Crippen LogP contribution in [0.4, 0.5) is 9.59 Å². The molecular weight excluding hydrogens is 470 g/mol. The highest BCUT2D eigenvalue weighted by atomic mass is 16.7. The average molecular weight is 515 g/mol. The fraction of sp³-hybridized carbons (Fsp3) is 0.533. The summed E-state index contributed by atoms with van der Waals surface area (Å²) in [5.74, 6) is 1.84. The van der Waals surface area contributed by atoms with Gasteiger partial charge in [-0.15, -0.1) is 0 Å². The number of ether oxygens (including phenoxy) is 4. The number of para-hydroxylation sites is 2. The lowest BCUT2D eigenvalue weighted by Crippen LogP contribution is -2.45. The van der Waals surface area contributed by atoms with Crippen LogP contribution in [0.25, 0.3) is 0 Å². The summed E-state index contributed by atoms with van der Waals surface area (Å²) in [6, 6.07) is 11.8. The Bertz CT molecular complexity index is 936. The summed E-state index contributed by atoms with van der Waals surface area (Å²) in [5.41, 5.74) is 3.80. The number of rotatable bonds is 10. The number of hydrogen-bond acceptors (Lipinski definition) is 6. The van der Waals surface area contributed by atoms with E-state index in [9.17, 15) is 9.59 Å². The Labute approximate surface area is 222 Å². The number of nitrogens with zero attached hydrogens (tertiary/aromatic N) is 1. The van der Waals surface area contributed by atoms with E-state index >= 15 is 0 Å². The predicted octanol–water partition coefficient (Wildman–Crippen LogP) is 7.90. The monoisotopic (exact) mass is 514 g/mol. The highest BCUT2D eigenvalue weighted by molar-refractivity contribution is 5.66. The van der Waals surface area contributed by atoms with Crippen LogP contribution in [0.3, 0.4) is 0 Å². The van der Waals surface area contributed by atoms with Gasteiger partial charge in [-0.05, 0) is 45.9 Å². The van der Waals surface area contributed by atoms with E-state index in [2.05, 4.69) is 55.4 Å². The molecule has 2 rings (SSSR count). The van der Waals surface area contributed by atoms with Crippen molar-refractivity contribution >= 4 is 12.3 Å². The van der Waals surface area contributed by atoms with Crippen LogP contribution in [-0.2, 0) is 9.47 Å². The van der Waals surface area contributed by atoms with Gasteiger partial charge >= 0.3 is 12.3 Å². The van der Waals surface area contributed by atoms with Crippen LogP contribution in [0, 0.1) is 0 Å². The van der Waals surface area contributed by atoms with E-state index in [1.165, 1.54) is 0 Å². The Morgan fingerprint density at radius 3 is 1.11 bits per heavy atom. The van der Waals surface area contributed by atoms with Crippen molar-refractivity contribution in [2.24, 2.45) is 0 Å². The summed E-state index contributed by atoms with van der Waals surface area (Å²) in [7, 11) is 3.56. The Kier molecular flexibility index (Phi) is 10.6. The Morgan fingerprint density at radius 2 is 0.865 bits per heavy atom. The first kappa shape index (κ1) is 30.2. The lowest BCUT2D eigenvalue weighted by Gasteiger charge is -2.27. The van der Waals surface area contributed by atoms with Gasteiger partial charge in [-0.2, -0.15) is 0 Å². The molecule has 0 radical (unpaired) electrons. The molecule has 0 N–H and O–H groups in total. The largest absolute Gasteiger partial charge is 0.518 e. The van der Waals surface area contributed by atoms with Gasteiger partial charge in [-0.3, -0.25) is 4.48 Å². The van der Waals surface area contributed by atoms with Crippen molar-refractivity contribution in [3.8, 4) is 11.5 Å². The Balaban J connectivity index is 2.01. The molecule has 0 heterocycles. The van der Waals surface area contributed by atoms with Crippen LogP contribution in [0.5, 0.6) is 11.5 Å². The number of benzene rings is 2. The Morgan fingerprint density at radius 1 is 0.595 bits per heavy atom. The van der Waals surface area contributed by atoms with Crippen molar-refractivity contribution in [2.45, 2.75) is 79.1 Å². The lowest BCUT2D eigenvalue weighted by atomic mass is 9.94. The normalized spacial score (nSPS) is 11.8. The highest BCUT2D eigenvalue weighted by Crippen LogP contribution is 2.36. The molecular formula is C30H44NO6+. The number of quaternary nitrogens is 1. The molecule has 0 aliphatic rings. The molecule has 0 aromatic heterocycles. The first-order chi connectivity index (χ1) is 17.2. The summed E-state index contributed by atoms with van der Waals surface area (Å²) in [6.07, 6.45) is -1.59. The molecule has 204 valence electrons. The first-order valence-electron chi connectivity index (χ1n) is 13.0. The molecule has 0 amide bonds. The van der Waals surface area contributed by atoms with Gasteiger partial charge in [0.15, 0.2) is 0 Å². The first-order valence-corrected chi connectivity index (χ1v) is 13.0. The van der Waals surface area contributed by atoms with Gasteiger partial charge in [0.2, 0.25) is 13.5 Å². The van der Waals surface area contributed by atoms with Gasteiger partial charge in [-0.1, -0.05) is 91.8 Å². The minimum atomic E-state index is -0.795. The van der Waals surface area contributed by atoms with Crippen LogP contribution in [0.2, 0.25) is 0 Å². The van der Waals surface area contributed by atoms with E-state index < -0.39 is 12.3 Å². The van der Waals surface area contributed by atoms with Crippen LogP contribution in [-0.4, -0.2) is 44.4 Å². The smallest absolute Gasteiger partial charge is 0.394 e. The van der Waals surface area contributed by atoms with Crippen LogP contribution in [0.1, 0.15) is 101 Å². The zero-order valence-corrected chi connectivity index (χ0v) is 24.1. The number of carbonyl (C=O) groups is 2. The molecule has 0 aliphatic carbocycles. The van der Waals surface area contributed by atoms with E-state index in [0.717, 1.165) is 22.3 Å². The van der Waals surface area contributed by atoms with Crippen LogP contribution in [0.15, 0.2) is 36.4 Å². The molecule has 0 spiro atoms. The van der Waals surface area contributed by atoms with Gasteiger partial charge < -0.3 is 18.9 Å². The van der Waals surface area contributed by atoms with E-state index in [4.69, 9.17) is 18.9 Å². The highest BCUT2D eigenvalue weighted by Gasteiger charge is 2.25. The SMILES string of the molecule is CC(C)c1cccc(C(C)C)c1OC(=O)OC[N+](C)(C)COC(=O)Oc1c(C(C)C)cccc1C(C)C. The van der Waals surface area contributed by atoms with Crippen molar-refractivity contribution in [3.05, 3.63) is 58.7 Å². The molecule has 0 unspecified atom stereocenters. The van der Waals surface area contributed by atoms with Crippen LogP contribution >= 0.6 is 0 Å². The zero-order chi connectivity index (χ0) is 27.9. The zero-order valence-electron chi connectivity index (χ0n) is 24.1. The second-order valence-electron chi connectivity index (χ2n) is 11.3. The maximum absolute atomic E-state index is 12.6. The maximum Gasteiger partial charge on any atom is 0.518 e. The van der Waals surface area contributed by atoms with Crippen molar-refractivity contribution in [1.82, 2.24) is 0 Å². The van der Waals surface area contributed by atoms with Crippen LogP contribution < -0.4 is 9.47 Å². The van der Waals surface area contributed by atoms with E-state index in [1.807, 2.05) is 36.4 Å². The van der Waals surface area contributed by atoms with Gasteiger partial charge in [0.1, 0.15) is 11.5 Å². The van der Waals surface area contributed by atoms with Gasteiger partial charge in [-0.25, -0.2) is 9.59 Å². The van der Waals surface area contributed by atoms with Crippen molar-refractivity contribution < 1.29 is 33.0 Å². The quantitative estimate of drug-likeness (QED) is 0.139.